The van der Waals surface area contributed by atoms with Gasteiger partial charge in [-0.15, -0.1) is 0 Å². The lowest BCUT2D eigenvalue weighted by molar-refractivity contribution is 0.759. The third-order valence-electron chi connectivity index (χ3n) is 2.13. The van der Waals surface area contributed by atoms with Gasteiger partial charge in [-0.05, 0) is 24.8 Å². The minimum Gasteiger partial charge on any atom is -0.237 e. The van der Waals surface area contributed by atoms with E-state index in [9.17, 15) is 0 Å². The number of aromatic nitrogens is 2. The first kappa shape index (κ1) is 8.18. The van der Waals surface area contributed by atoms with Gasteiger partial charge in [0.2, 0.25) is 0 Å². The molecular weight excluding hydrogens is 162 g/mol. The van der Waals surface area contributed by atoms with Crippen molar-refractivity contribution in [2.75, 3.05) is 0 Å². The highest BCUT2D eigenvalue weighted by Gasteiger charge is 2.22. The van der Waals surface area contributed by atoms with Crippen molar-refractivity contribution in [2.45, 2.75) is 25.7 Å². The predicted molar refractivity (Wildman–Crippen MR) is 46.6 cm³/mol. The maximum absolute atomic E-state index is 8.48. The van der Waals surface area contributed by atoms with Gasteiger partial charge >= 0.3 is 0 Å². The molecule has 2 rings (SSSR count). The van der Waals surface area contributed by atoms with E-state index in [2.05, 4.69) is 22.2 Å². The highest BCUT2D eigenvalue weighted by atomic mass is 14.9. The molecule has 1 aliphatic carbocycles. The lowest BCUT2D eigenvalue weighted by Gasteiger charge is -1.98. The number of nitrogens with zero attached hydrogens (tertiary/aromatic N) is 3. The molecule has 1 aromatic rings. The largest absolute Gasteiger partial charge is 0.237 e. The Balaban J connectivity index is 2.07. The summed E-state index contributed by atoms with van der Waals surface area (Å²) in [6.07, 6.45) is 6.69. The number of nitriles is 1. The van der Waals surface area contributed by atoms with Crippen molar-refractivity contribution >= 4 is 0 Å². The Bertz CT molecular complexity index is 336. The summed E-state index contributed by atoms with van der Waals surface area (Å²) in [5.74, 6) is 1.63. The molecule has 1 fully saturated rings. The average Bonchev–Trinajstić information content (AvgIpc) is 2.90. The smallest absolute Gasteiger partial charge is 0.129 e. The third kappa shape index (κ3) is 2.25. The molecule has 1 radical (unpaired) electrons. The van der Waals surface area contributed by atoms with Crippen molar-refractivity contribution < 1.29 is 0 Å². The van der Waals surface area contributed by atoms with Crippen molar-refractivity contribution in [2.24, 2.45) is 5.92 Å². The molecule has 1 aromatic heterocycles. The zero-order valence-corrected chi connectivity index (χ0v) is 7.32. The van der Waals surface area contributed by atoms with E-state index in [4.69, 9.17) is 5.26 Å². The fourth-order valence-corrected chi connectivity index (χ4v) is 1.25. The molecule has 0 N–H and O–H groups in total. The molecule has 65 valence electrons. The van der Waals surface area contributed by atoms with Gasteiger partial charge in [-0.25, -0.2) is 9.97 Å². The Morgan fingerprint density at radius 1 is 1.62 bits per heavy atom. The van der Waals surface area contributed by atoms with Crippen LogP contribution in [0.2, 0.25) is 0 Å². The summed E-state index contributed by atoms with van der Waals surface area (Å²) in [7, 11) is 0. The fourth-order valence-electron chi connectivity index (χ4n) is 1.25. The summed E-state index contributed by atoms with van der Waals surface area (Å²) >= 11 is 0. The van der Waals surface area contributed by atoms with Crippen molar-refractivity contribution in [1.29, 1.82) is 5.26 Å². The monoisotopic (exact) mass is 172 g/mol. The SMILES string of the molecule is N#CCc1c[c]nc(CC2CC2)n1. The zero-order valence-electron chi connectivity index (χ0n) is 7.32. The Hall–Kier alpha value is -1.43. The highest BCUT2D eigenvalue weighted by molar-refractivity contribution is 5.07. The topological polar surface area (TPSA) is 49.6 Å². The van der Waals surface area contributed by atoms with Crippen LogP contribution in [0.4, 0.5) is 0 Å². The molecule has 3 nitrogen and oxygen atoms in total. The van der Waals surface area contributed by atoms with Crippen molar-refractivity contribution in [3.05, 3.63) is 23.8 Å². The number of hydrogen-bond acceptors (Lipinski definition) is 3. The zero-order chi connectivity index (χ0) is 9.10. The van der Waals surface area contributed by atoms with E-state index in [1.165, 1.54) is 12.8 Å². The van der Waals surface area contributed by atoms with Crippen LogP contribution in [0, 0.1) is 23.4 Å². The number of hydrogen-bond donors (Lipinski definition) is 0. The highest BCUT2D eigenvalue weighted by Crippen LogP contribution is 2.31. The molecule has 0 aliphatic heterocycles. The van der Waals surface area contributed by atoms with Crippen LogP contribution < -0.4 is 0 Å². The standard InChI is InChI=1S/C10H10N3/c11-5-3-9-4-6-12-10(13-9)7-8-1-2-8/h4,8H,1-3,7H2. The Morgan fingerprint density at radius 3 is 3.15 bits per heavy atom. The molecule has 3 heteroatoms. The molecule has 1 saturated carbocycles. The second kappa shape index (κ2) is 3.53. The third-order valence-corrected chi connectivity index (χ3v) is 2.13. The van der Waals surface area contributed by atoms with Crippen LogP contribution in [0.15, 0.2) is 6.07 Å². The van der Waals surface area contributed by atoms with Gasteiger partial charge in [-0.2, -0.15) is 5.26 Å². The molecule has 1 heterocycles. The summed E-state index contributed by atoms with van der Waals surface area (Å²) in [6.45, 7) is 0. The van der Waals surface area contributed by atoms with E-state index in [1.807, 2.05) is 0 Å². The van der Waals surface area contributed by atoms with Gasteiger partial charge in [0.25, 0.3) is 0 Å². The van der Waals surface area contributed by atoms with E-state index in [0.717, 1.165) is 23.9 Å². The van der Waals surface area contributed by atoms with Crippen LogP contribution in [-0.4, -0.2) is 9.97 Å². The molecule has 0 aromatic carbocycles. The normalized spacial score (nSPS) is 15.3. The van der Waals surface area contributed by atoms with E-state index >= 15 is 0 Å². The first-order chi connectivity index (χ1) is 6.38. The quantitative estimate of drug-likeness (QED) is 0.690. The van der Waals surface area contributed by atoms with Gasteiger partial charge in [0, 0.05) is 6.42 Å². The van der Waals surface area contributed by atoms with Crippen molar-refractivity contribution in [3.8, 4) is 6.07 Å². The van der Waals surface area contributed by atoms with Gasteiger partial charge in [-0.3, -0.25) is 0 Å². The van der Waals surface area contributed by atoms with Gasteiger partial charge in [0.05, 0.1) is 24.4 Å². The molecule has 0 saturated heterocycles. The minimum atomic E-state index is 0.358. The second-order valence-corrected chi connectivity index (χ2v) is 3.39. The summed E-state index contributed by atoms with van der Waals surface area (Å²) in [4.78, 5) is 8.33. The lowest BCUT2D eigenvalue weighted by atomic mass is 10.2. The summed E-state index contributed by atoms with van der Waals surface area (Å²) in [5, 5.41) is 8.48. The average molecular weight is 172 g/mol. The van der Waals surface area contributed by atoms with E-state index in [0.29, 0.717) is 6.42 Å². The molecule has 0 spiro atoms. The van der Waals surface area contributed by atoms with Gasteiger partial charge in [-0.1, -0.05) is 0 Å². The second-order valence-electron chi connectivity index (χ2n) is 3.39. The molecule has 0 amide bonds. The van der Waals surface area contributed by atoms with Gasteiger partial charge < -0.3 is 0 Å². The predicted octanol–water partition coefficient (Wildman–Crippen LogP) is 1.30. The molecule has 13 heavy (non-hydrogen) atoms. The van der Waals surface area contributed by atoms with Crippen LogP contribution >= 0.6 is 0 Å². The Kier molecular flexibility index (Phi) is 2.22. The van der Waals surface area contributed by atoms with Crippen LogP contribution in [0.1, 0.15) is 24.4 Å². The van der Waals surface area contributed by atoms with E-state index in [1.54, 1.807) is 6.07 Å². The summed E-state index contributed by atoms with van der Waals surface area (Å²) in [5.41, 5.74) is 0.785. The van der Waals surface area contributed by atoms with E-state index in [-0.39, 0.29) is 0 Å². The Labute approximate surface area is 77.4 Å². The van der Waals surface area contributed by atoms with Crippen LogP contribution in [0.25, 0.3) is 0 Å². The van der Waals surface area contributed by atoms with Crippen LogP contribution in [-0.2, 0) is 12.8 Å². The van der Waals surface area contributed by atoms with Gasteiger partial charge in [0.1, 0.15) is 5.82 Å². The summed E-state index contributed by atoms with van der Waals surface area (Å²) in [6, 6.07) is 3.75. The number of rotatable bonds is 3. The van der Waals surface area contributed by atoms with Crippen LogP contribution in [0.5, 0.6) is 0 Å². The first-order valence-electron chi connectivity index (χ1n) is 4.48. The molecule has 0 bridgehead atoms. The molecular formula is C10H10N3. The lowest BCUT2D eigenvalue weighted by Crippen LogP contribution is -1.99. The molecule has 0 unspecified atom stereocenters. The van der Waals surface area contributed by atoms with Crippen LogP contribution in [0.3, 0.4) is 0 Å². The maximum Gasteiger partial charge on any atom is 0.129 e. The maximum atomic E-state index is 8.48. The van der Waals surface area contributed by atoms with Gasteiger partial charge in [0.15, 0.2) is 0 Å². The Morgan fingerprint density at radius 2 is 2.46 bits per heavy atom. The molecule has 0 atom stereocenters. The van der Waals surface area contributed by atoms with E-state index < -0.39 is 0 Å². The summed E-state index contributed by atoms with van der Waals surface area (Å²) < 4.78 is 0. The fraction of sp³-hybridized carbons (Fsp3) is 0.500. The van der Waals surface area contributed by atoms with Crippen molar-refractivity contribution in [1.82, 2.24) is 9.97 Å². The van der Waals surface area contributed by atoms with Crippen molar-refractivity contribution in [3.63, 3.8) is 0 Å². The molecule has 1 aliphatic rings. The minimum absolute atomic E-state index is 0.358. The first-order valence-corrected chi connectivity index (χ1v) is 4.48.